The average molecular weight is 522 g/mol. The molecule has 2 unspecified atom stereocenters. The fourth-order valence-corrected chi connectivity index (χ4v) is 5.41. The first-order chi connectivity index (χ1) is 16.3. The Morgan fingerprint density at radius 3 is 2.32 bits per heavy atom. The van der Waals surface area contributed by atoms with E-state index in [1.165, 1.54) is 30.3 Å². The predicted octanol–water partition coefficient (Wildman–Crippen LogP) is 6.38. The number of hydrogen-bond acceptors (Lipinski definition) is 5. The molecule has 10 heteroatoms. The van der Waals surface area contributed by atoms with Gasteiger partial charge in [-0.25, -0.2) is 4.39 Å². The summed E-state index contributed by atoms with van der Waals surface area (Å²) in [5.41, 5.74) is 1.27. The molecule has 1 aliphatic rings. The molecule has 2 atom stereocenters. The topological polar surface area (TPSA) is 63.1 Å². The molecule has 0 spiro atoms. The Labute approximate surface area is 212 Å². The van der Waals surface area contributed by atoms with Gasteiger partial charge in [0.2, 0.25) is 5.91 Å². The Morgan fingerprint density at radius 2 is 1.68 bits per heavy atom. The van der Waals surface area contributed by atoms with E-state index < -0.39 is 5.25 Å². The number of nitrogens with one attached hydrogen (secondary N) is 1. The van der Waals surface area contributed by atoms with Gasteiger partial charge in [0.05, 0.1) is 11.3 Å². The highest BCUT2D eigenvalue weighted by atomic mass is 35.5. The molecule has 2 aromatic carbocycles. The summed E-state index contributed by atoms with van der Waals surface area (Å²) in [5, 5.41) is 12.7. The first-order valence-electron chi connectivity index (χ1n) is 11.2. The summed E-state index contributed by atoms with van der Waals surface area (Å²) >= 11 is 13.4. The van der Waals surface area contributed by atoms with Crippen molar-refractivity contribution in [3.8, 4) is 5.69 Å². The van der Waals surface area contributed by atoms with Crippen molar-refractivity contribution >= 4 is 46.6 Å². The fourth-order valence-electron chi connectivity index (χ4n) is 4.01. The van der Waals surface area contributed by atoms with E-state index in [0.29, 0.717) is 20.9 Å². The maximum absolute atomic E-state index is 13.6. The minimum absolute atomic E-state index is 0.0324. The summed E-state index contributed by atoms with van der Waals surface area (Å²) in [6.07, 6.45) is 3.54. The minimum Gasteiger partial charge on any atom is -0.325 e. The lowest BCUT2D eigenvalue weighted by Crippen LogP contribution is -2.33. The maximum Gasteiger partial charge on any atom is 0.237 e. The van der Waals surface area contributed by atoms with Crippen molar-refractivity contribution in [2.75, 3.05) is 18.4 Å². The molecule has 180 valence electrons. The number of likely N-dealkylation sites (tertiary alicyclic amines) is 1. The van der Waals surface area contributed by atoms with E-state index in [9.17, 15) is 9.18 Å². The zero-order chi connectivity index (χ0) is 24.2. The number of hydrogen-bond donors (Lipinski definition) is 1. The summed E-state index contributed by atoms with van der Waals surface area (Å²) in [6.45, 7) is 5.91. The van der Waals surface area contributed by atoms with Crippen LogP contribution in [0.5, 0.6) is 0 Å². The third-order valence-corrected chi connectivity index (χ3v) is 7.32. The molecule has 0 aliphatic carbocycles. The van der Waals surface area contributed by atoms with Crippen LogP contribution < -0.4 is 5.32 Å². The first kappa shape index (κ1) is 25.0. The number of carbonyl (C=O) groups excluding carboxylic acids is 1. The van der Waals surface area contributed by atoms with Crippen LogP contribution in [-0.2, 0) is 4.79 Å². The zero-order valence-corrected chi connectivity index (χ0v) is 21.3. The van der Waals surface area contributed by atoms with Crippen molar-refractivity contribution in [3.63, 3.8) is 0 Å². The van der Waals surface area contributed by atoms with Crippen molar-refractivity contribution in [3.05, 3.63) is 64.2 Å². The van der Waals surface area contributed by atoms with Gasteiger partial charge in [0.15, 0.2) is 11.0 Å². The summed E-state index contributed by atoms with van der Waals surface area (Å²) in [7, 11) is 0. The molecule has 34 heavy (non-hydrogen) atoms. The molecule has 0 bridgehead atoms. The molecule has 2 heterocycles. The van der Waals surface area contributed by atoms with E-state index in [1.54, 1.807) is 37.3 Å². The first-order valence-corrected chi connectivity index (χ1v) is 12.8. The van der Waals surface area contributed by atoms with E-state index in [0.717, 1.165) is 37.4 Å². The molecule has 1 saturated heterocycles. The number of anilines is 1. The Balaban J connectivity index is 1.59. The van der Waals surface area contributed by atoms with Crippen LogP contribution in [0.1, 0.15) is 45.0 Å². The lowest BCUT2D eigenvalue weighted by molar-refractivity contribution is -0.115. The van der Waals surface area contributed by atoms with Gasteiger partial charge in [0.25, 0.3) is 0 Å². The third-order valence-electron chi connectivity index (χ3n) is 5.84. The molecule has 1 aromatic heterocycles. The van der Waals surface area contributed by atoms with Gasteiger partial charge in [-0.2, -0.15) is 0 Å². The summed E-state index contributed by atoms with van der Waals surface area (Å²) < 4.78 is 15.6. The van der Waals surface area contributed by atoms with Crippen LogP contribution in [0.3, 0.4) is 0 Å². The Bertz CT molecular complexity index is 1130. The van der Waals surface area contributed by atoms with Crippen LogP contribution in [0, 0.1) is 5.82 Å². The second-order valence-corrected chi connectivity index (χ2v) is 10.5. The van der Waals surface area contributed by atoms with E-state index in [-0.39, 0.29) is 17.8 Å². The predicted molar refractivity (Wildman–Crippen MR) is 136 cm³/mol. The molecule has 0 radical (unpaired) electrons. The number of benzene rings is 2. The molecule has 1 aliphatic heterocycles. The van der Waals surface area contributed by atoms with Gasteiger partial charge in [-0.3, -0.25) is 14.3 Å². The highest BCUT2D eigenvalue weighted by molar-refractivity contribution is 8.00. The molecule has 1 fully saturated rings. The molecular formula is C24H26Cl2FN5OS. The van der Waals surface area contributed by atoms with Gasteiger partial charge < -0.3 is 5.32 Å². The van der Waals surface area contributed by atoms with Crippen molar-refractivity contribution in [2.24, 2.45) is 0 Å². The number of piperidine rings is 1. The molecule has 3 aromatic rings. The third kappa shape index (κ3) is 5.92. The number of thioether (sulfide) groups is 1. The fraction of sp³-hybridized carbons (Fsp3) is 0.375. The van der Waals surface area contributed by atoms with Crippen LogP contribution in [0.15, 0.2) is 47.6 Å². The highest BCUT2D eigenvalue weighted by Crippen LogP contribution is 2.32. The lowest BCUT2D eigenvalue weighted by Gasteiger charge is -2.32. The average Bonchev–Trinajstić information content (AvgIpc) is 3.22. The van der Waals surface area contributed by atoms with E-state index in [4.69, 9.17) is 23.2 Å². The number of carbonyl (C=O) groups is 1. The number of rotatable bonds is 7. The molecule has 1 amide bonds. The van der Waals surface area contributed by atoms with Gasteiger partial charge >= 0.3 is 0 Å². The van der Waals surface area contributed by atoms with Crippen molar-refractivity contribution in [1.29, 1.82) is 0 Å². The molecule has 4 rings (SSSR count). The normalized spacial score (nSPS) is 16.3. The standard InChI is InChI=1S/C24H26Cl2FN5OS/c1-15(31-10-4-3-5-11-31)22-29-30-24(32(22)21-8-6-19(27)7-9-21)34-16(2)23(33)28-20-13-17(25)12-18(26)14-20/h6-9,12-16H,3-5,10-11H2,1-2H3,(H,28,33). The summed E-state index contributed by atoms with van der Waals surface area (Å²) in [4.78, 5) is 15.3. The van der Waals surface area contributed by atoms with Crippen LogP contribution >= 0.6 is 35.0 Å². The largest absolute Gasteiger partial charge is 0.325 e. The van der Waals surface area contributed by atoms with E-state index in [2.05, 4.69) is 27.3 Å². The van der Waals surface area contributed by atoms with Crippen LogP contribution in [0.2, 0.25) is 10.0 Å². The van der Waals surface area contributed by atoms with Crippen molar-refractivity contribution in [1.82, 2.24) is 19.7 Å². The van der Waals surface area contributed by atoms with Gasteiger partial charge in [-0.1, -0.05) is 41.4 Å². The Kier molecular flexibility index (Phi) is 8.14. The van der Waals surface area contributed by atoms with E-state index >= 15 is 0 Å². The molecule has 6 nitrogen and oxygen atoms in total. The monoisotopic (exact) mass is 521 g/mol. The molecule has 1 N–H and O–H groups in total. The number of halogens is 3. The Hall–Kier alpha value is -2.13. The maximum atomic E-state index is 13.6. The van der Waals surface area contributed by atoms with Gasteiger partial charge in [0, 0.05) is 21.4 Å². The molecular weight excluding hydrogens is 496 g/mol. The van der Waals surface area contributed by atoms with Crippen LogP contribution in [0.25, 0.3) is 5.69 Å². The van der Waals surface area contributed by atoms with Crippen molar-refractivity contribution < 1.29 is 9.18 Å². The quantitative estimate of drug-likeness (QED) is 0.365. The smallest absolute Gasteiger partial charge is 0.237 e. The minimum atomic E-state index is -0.487. The second-order valence-electron chi connectivity index (χ2n) is 8.33. The Morgan fingerprint density at radius 1 is 1.03 bits per heavy atom. The highest BCUT2D eigenvalue weighted by Gasteiger charge is 2.27. The number of aromatic nitrogens is 3. The van der Waals surface area contributed by atoms with Gasteiger partial charge in [0.1, 0.15) is 5.82 Å². The van der Waals surface area contributed by atoms with Crippen LogP contribution in [-0.4, -0.2) is 43.9 Å². The number of nitrogens with zero attached hydrogens (tertiary/aromatic N) is 4. The van der Waals surface area contributed by atoms with Gasteiger partial charge in [-0.15, -0.1) is 10.2 Å². The lowest BCUT2D eigenvalue weighted by atomic mass is 10.1. The van der Waals surface area contributed by atoms with Crippen LogP contribution in [0.4, 0.5) is 10.1 Å². The van der Waals surface area contributed by atoms with Crippen molar-refractivity contribution in [2.45, 2.75) is 49.6 Å². The zero-order valence-electron chi connectivity index (χ0n) is 19.0. The summed E-state index contributed by atoms with van der Waals surface area (Å²) in [5.74, 6) is 0.234. The SMILES string of the molecule is CC(Sc1nnc(C(C)N2CCCCC2)n1-c1ccc(F)cc1)C(=O)Nc1cc(Cl)cc(Cl)c1. The molecule has 0 saturated carbocycles. The second kappa shape index (κ2) is 11.1. The van der Waals surface area contributed by atoms with Gasteiger partial charge in [-0.05, 0) is 82.2 Å². The summed E-state index contributed by atoms with van der Waals surface area (Å²) in [6, 6.07) is 11.2. The van der Waals surface area contributed by atoms with E-state index in [1.807, 2.05) is 4.57 Å². The number of amides is 1.